The van der Waals surface area contributed by atoms with Gasteiger partial charge in [0.05, 0.1) is 14.1 Å². The number of hydrogen-bond acceptors (Lipinski definition) is 2. The Labute approximate surface area is 205 Å². The zero-order chi connectivity index (χ0) is 24.4. The Kier molecular flexibility index (Phi) is 16.6. The van der Waals surface area contributed by atoms with Crippen LogP contribution < -0.4 is 5.32 Å². The highest BCUT2D eigenvalue weighted by molar-refractivity contribution is 5.78. The normalized spacial score (nSPS) is 15.3. The molecular formula is C28H56N3O2+. The van der Waals surface area contributed by atoms with Crippen LogP contribution in [0.4, 0.5) is 0 Å². The van der Waals surface area contributed by atoms with Gasteiger partial charge in [0.1, 0.15) is 0 Å². The summed E-state index contributed by atoms with van der Waals surface area (Å²) in [7, 11) is 4.24. The second kappa shape index (κ2) is 18.3. The average Bonchev–Trinajstić information content (AvgIpc) is 3.18. The standard InChI is InChI=1S/C28H55N3O2/c1-5-7-8-9-10-11-12-13-14-15-16-17-18-19-20-22-27(32)29-26(6-2)31(3,4)25-30-24-21-23-28(30)33/h26H,5-25H2,1-4H3/p+1. The van der Waals surface area contributed by atoms with Gasteiger partial charge in [-0.25, -0.2) is 0 Å². The summed E-state index contributed by atoms with van der Waals surface area (Å²) in [4.78, 5) is 26.4. The van der Waals surface area contributed by atoms with E-state index in [1.165, 1.54) is 83.5 Å². The maximum atomic E-state index is 12.5. The molecule has 1 aliphatic heterocycles. The van der Waals surface area contributed by atoms with E-state index in [1.807, 2.05) is 4.90 Å². The van der Waals surface area contributed by atoms with Gasteiger partial charge in [-0.15, -0.1) is 0 Å². The lowest BCUT2D eigenvalue weighted by molar-refractivity contribution is -0.925. The highest BCUT2D eigenvalue weighted by Gasteiger charge is 2.33. The van der Waals surface area contributed by atoms with Crippen molar-refractivity contribution in [2.75, 3.05) is 27.3 Å². The second-order valence-corrected chi connectivity index (χ2v) is 10.9. The third-order valence-corrected chi connectivity index (χ3v) is 7.27. The largest absolute Gasteiger partial charge is 0.307 e. The monoisotopic (exact) mass is 466 g/mol. The minimum absolute atomic E-state index is 0.0576. The lowest BCUT2D eigenvalue weighted by Crippen LogP contribution is -2.61. The van der Waals surface area contributed by atoms with Crippen molar-refractivity contribution in [3.05, 3.63) is 0 Å². The maximum absolute atomic E-state index is 12.5. The molecule has 0 aliphatic carbocycles. The van der Waals surface area contributed by atoms with Crippen molar-refractivity contribution < 1.29 is 14.1 Å². The molecule has 0 radical (unpaired) electrons. The minimum Gasteiger partial charge on any atom is -0.307 e. The van der Waals surface area contributed by atoms with Gasteiger partial charge >= 0.3 is 0 Å². The van der Waals surface area contributed by atoms with Crippen LogP contribution in [0.3, 0.4) is 0 Å². The summed E-state index contributed by atoms with van der Waals surface area (Å²) in [6.07, 6.45) is 23.3. The van der Waals surface area contributed by atoms with Crippen LogP contribution in [-0.4, -0.2) is 54.7 Å². The summed E-state index contributed by atoms with van der Waals surface area (Å²) in [6.45, 7) is 5.92. The van der Waals surface area contributed by atoms with Gasteiger partial charge in [-0.3, -0.25) is 19.0 Å². The molecular weight excluding hydrogens is 410 g/mol. The van der Waals surface area contributed by atoms with E-state index in [2.05, 4.69) is 33.3 Å². The highest BCUT2D eigenvalue weighted by atomic mass is 16.2. The summed E-state index contributed by atoms with van der Waals surface area (Å²) >= 11 is 0. The van der Waals surface area contributed by atoms with Gasteiger partial charge in [-0.1, -0.05) is 104 Å². The van der Waals surface area contributed by atoms with Crippen LogP contribution in [0.15, 0.2) is 0 Å². The number of quaternary nitrogens is 1. The molecule has 1 heterocycles. The van der Waals surface area contributed by atoms with Crippen LogP contribution in [0.2, 0.25) is 0 Å². The zero-order valence-electron chi connectivity index (χ0n) is 22.6. The van der Waals surface area contributed by atoms with Crippen LogP contribution in [0, 0.1) is 0 Å². The number of amides is 2. The summed E-state index contributed by atoms with van der Waals surface area (Å²) in [6, 6.07) is 0. The van der Waals surface area contributed by atoms with Gasteiger partial charge in [0.15, 0.2) is 12.8 Å². The molecule has 1 saturated heterocycles. The molecule has 1 aliphatic rings. The Morgan fingerprint density at radius 3 is 1.76 bits per heavy atom. The average molecular weight is 467 g/mol. The van der Waals surface area contributed by atoms with Gasteiger partial charge < -0.3 is 5.32 Å². The van der Waals surface area contributed by atoms with E-state index in [1.54, 1.807) is 0 Å². The minimum atomic E-state index is 0.0576. The fraction of sp³-hybridized carbons (Fsp3) is 0.929. The first-order valence-electron chi connectivity index (χ1n) is 14.3. The van der Waals surface area contributed by atoms with Gasteiger partial charge in [0.25, 0.3) is 0 Å². The summed E-state index contributed by atoms with van der Waals surface area (Å²) in [5.74, 6) is 0.413. The van der Waals surface area contributed by atoms with Crippen molar-refractivity contribution >= 4 is 11.8 Å². The smallest absolute Gasteiger partial charge is 0.226 e. The van der Waals surface area contributed by atoms with Crippen LogP contribution in [0.25, 0.3) is 0 Å². The molecule has 0 aromatic heterocycles. The van der Waals surface area contributed by atoms with Crippen molar-refractivity contribution in [1.82, 2.24) is 10.2 Å². The zero-order valence-corrected chi connectivity index (χ0v) is 22.6. The van der Waals surface area contributed by atoms with E-state index >= 15 is 0 Å². The van der Waals surface area contributed by atoms with Gasteiger partial charge in [0, 0.05) is 25.8 Å². The Morgan fingerprint density at radius 1 is 0.848 bits per heavy atom. The number of unbranched alkanes of at least 4 members (excludes halogenated alkanes) is 14. The van der Waals surface area contributed by atoms with E-state index in [0.717, 1.165) is 32.2 Å². The van der Waals surface area contributed by atoms with Crippen molar-refractivity contribution in [2.45, 2.75) is 142 Å². The molecule has 33 heavy (non-hydrogen) atoms. The molecule has 1 rings (SSSR count). The van der Waals surface area contributed by atoms with Gasteiger partial charge in [-0.2, -0.15) is 0 Å². The number of carbonyl (C=O) groups is 2. The fourth-order valence-corrected chi connectivity index (χ4v) is 5.08. The predicted octanol–water partition coefficient (Wildman–Crippen LogP) is 6.76. The molecule has 5 nitrogen and oxygen atoms in total. The van der Waals surface area contributed by atoms with Crippen LogP contribution in [0.1, 0.15) is 136 Å². The molecule has 0 saturated carbocycles. The number of hydrogen-bond donors (Lipinski definition) is 1. The first-order valence-corrected chi connectivity index (χ1v) is 14.3. The molecule has 194 valence electrons. The van der Waals surface area contributed by atoms with Crippen molar-refractivity contribution in [3.63, 3.8) is 0 Å². The molecule has 5 heteroatoms. The SMILES string of the molecule is CCCCCCCCCCCCCCCCCC(=O)NC(CC)[N+](C)(C)CN1CCCC1=O. The van der Waals surface area contributed by atoms with Crippen LogP contribution >= 0.6 is 0 Å². The van der Waals surface area contributed by atoms with Crippen molar-refractivity contribution in [3.8, 4) is 0 Å². The van der Waals surface area contributed by atoms with Crippen LogP contribution in [0.5, 0.6) is 0 Å². The van der Waals surface area contributed by atoms with E-state index < -0.39 is 0 Å². The molecule has 1 atom stereocenters. The number of nitrogens with one attached hydrogen (secondary N) is 1. The van der Waals surface area contributed by atoms with E-state index in [-0.39, 0.29) is 18.0 Å². The molecule has 0 spiro atoms. The molecule has 0 aromatic carbocycles. The molecule has 2 amide bonds. The Bertz CT molecular complexity index is 521. The first-order chi connectivity index (χ1) is 15.9. The number of rotatable bonds is 21. The Morgan fingerprint density at radius 2 is 1.33 bits per heavy atom. The van der Waals surface area contributed by atoms with Crippen LogP contribution in [-0.2, 0) is 9.59 Å². The summed E-state index contributed by atoms with van der Waals surface area (Å²) < 4.78 is 0.632. The number of nitrogens with zero attached hydrogens (tertiary/aromatic N) is 2. The Balaban J connectivity index is 2.00. The molecule has 0 aromatic rings. The quantitative estimate of drug-likeness (QED) is 0.115. The lowest BCUT2D eigenvalue weighted by Gasteiger charge is -2.40. The molecule has 1 N–H and O–H groups in total. The van der Waals surface area contributed by atoms with Gasteiger partial charge in [-0.05, 0) is 12.8 Å². The second-order valence-electron chi connectivity index (χ2n) is 10.9. The third-order valence-electron chi connectivity index (χ3n) is 7.27. The lowest BCUT2D eigenvalue weighted by atomic mass is 10.0. The Hall–Kier alpha value is -1.10. The first kappa shape index (κ1) is 29.9. The van der Waals surface area contributed by atoms with Gasteiger partial charge in [0.2, 0.25) is 11.8 Å². The van der Waals surface area contributed by atoms with E-state index in [4.69, 9.17) is 0 Å². The van der Waals surface area contributed by atoms with E-state index in [0.29, 0.717) is 24.0 Å². The number of likely N-dealkylation sites (tertiary alicyclic amines) is 1. The topological polar surface area (TPSA) is 49.4 Å². The summed E-state index contributed by atoms with van der Waals surface area (Å²) in [5.41, 5.74) is 0. The highest BCUT2D eigenvalue weighted by Crippen LogP contribution is 2.17. The molecule has 0 bridgehead atoms. The molecule has 1 fully saturated rings. The maximum Gasteiger partial charge on any atom is 0.226 e. The molecule has 1 unspecified atom stereocenters. The van der Waals surface area contributed by atoms with Crippen molar-refractivity contribution in [1.29, 1.82) is 0 Å². The predicted molar refractivity (Wildman–Crippen MR) is 140 cm³/mol. The third kappa shape index (κ3) is 14.0. The van der Waals surface area contributed by atoms with E-state index in [9.17, 15) is 9.59 Å². The fourth-order valence-electron chi connectivity index (χ4n) is 5.08. The summed E-state index contributed by atoms with van der Waals surface area (Å²) in [5, 5.41) is 3.24. The number of carbonyl (C=O) groups excluding carboxylic acids is 2. The van der Waals surface area contributed by atoms with Crippen molar-refractivity contribution in [2.24, 2.45) is 0 Å².